The number of rotatable bonds is 4. The number of hydrogen-bond donors (Lipinski definition) is 4. The number of hydrogen-bond acceptors (Lipinski definition) is 6. The van der Waals surface area contributed by atoms with Crippen molar-refractivity contribution in [3.05, 3.63) is 0 Å². The van der Waals surface area contributed by atoms with Gasteiger partial charge in [-0.25, -0.2) is 4.90 Å². The Morgan fingerprint density at radius 3 is 2.54 bits per heavy atom. The molecule has 5 unspecified atom stereocenters. The molecular weight excluding hydrogens is 358 g/mol. The normalized spacial score (nSPS) is 44.1. The summed E-state index contributed by atoms with van der Waals surface area (Å²) in [5.74, 6) is 0.634. The topological polar surface area (TPSA) is 76.0 Å². The van der Waals surface area contributed by atoms with Gasteiger partial charge < -0.3 is 19.7 Å². The van der Waals surface area contributed by atoms with Crippen LogP contribution in [0, 0.1) is 5.92 Å². The molecule has 0 aromatic rings. The smallest absolute Gasteiger partial charge is 0.183 e. The van der Waals surface area contributed by atoms with E-state index >= 15 is 0 Å². The lowest BCUT2D eigenvalue weighted by Crippen LogP contribution is -3.19. The summed E-state index contributed by atoms with van der Waals surface area (Å²) in [6.45, 7) is 8.29. The SMILES string of the molecule is C1C[C@H](C2NC(C3CCC(N4CCOCC4)[NH2+]C3)NO2)[NH+](C2CCOCC2)C1. The third kappa shape index (κ3) is 4.25. The van der Waals surface area contributed by atoms with Gasteiger partial charge in [-0.05, 0) is 6.42 Å². The lowest BCUT2D eigenvalue weighted by Gasteiger charge is -2.37. The predicted molar refractivity (Wildman–Crippen MR) is 103 cm³/mol. The summed E-state index contributed by atoms with van der Waals surface area (Å²) >= 11 is 0. The summed E-state index contributed by atoms with van der Waals surface area (Å²) in [5.41, 5.74) is 3.37. The van der Waals surface area contributed by atoms with Crippen molar-refractivity contribution in [3.8, 4) is 0 Å². The lowest BCUT2D eigenvalue weighted by molar-refractivity contribution is -0.942. The molecule has 0 radical (unpaired) electrons. The van der Waals surface area contributed by atoms with Crippen molar-refractivity contribution in [1.82, 2.24) is 15.7 Å². The average Bonchev–Trinajstić information content (AvgIpc) is 3.45. The monoisotopic (exact) mass is 397 g/mol. The van der Waals surface area contributed by atoms with Crippen LogP contribution in [0.15, 0.2) is 0 Å². The summed E-state index contributed by atoms with van der Waals surface area (Å²) in [4.78, 5) is 10.5. The molecule has 5 aliphatic heterocycles. The van der Waals surface area contributed by atoms with Crippen LogP contribution in [0.4, 0.5) is 0 Å². The Morgan fingerprint density at radius 2 is 1.75 bits per heavy atom. The molecule has 5 rings (SSSR count). The quantitative estimate of drug-likeness (QED) is 0.425. The number of hydroxylamine groups is 1. The number of likely N-dealkylation sites (tertiary alicyclic amines) is 1. The molecule has 8 heteroatoms. The maximum atomic E-state index is 6.11. The van der Waals surface area contributed by atoms with Crippen molar-refractivity contribution in [2.75, 3.05) is 52.6 Å². The van der Waals surface area contributed by atoms with E-state index in [1.165, 1.54) is 51.6 Å². The summed E-state index contributed by atoms with van der Waals surface area (Å²) in [6, 6.07) is 1.33. The van der Waals surface area contributed by atoms with Crippen molar-refractivity contribution < 1.29 is 24.5 Å². The first-order valence-corrected chi connectivity index (χ1v) is 11.6. The largest absolute Gasteiger partial charge is 0.381 e. The zero-order valence-corrected chi connectivity index (χ0v) is 17.1. The molecule has 5 aliphatic rings. The van der Waals surface area contributed by atoms with E-state index in [1.54, 1.807) is 4.90 Å². The lowest BCUT2D eigenvalue weighted by atomic mass is 9.94. The van der Waals surface area contributed by atoms with Gasteiger partial charge in [-0.2, -0.15) is 5.48 Å². The van der Waals surface area contributed by atoms with Crippen LogP contribution < -0.4 is 21.0 Å². The van der Waals surface area contributed by atoms with Crippen molar-refractivity contribution in [2.24, 2.45) is 5.92 Å². The number of ether oxygens (including phenoxy) is 2. The van der Waals surface area contributed by atoms with E-state index < -0.39 is 0 Å². The van der Waals surface area contributed by atoms with Crippen LogP contribution in [-0.2, 0) is 14.3 Å². The fraction of sp³-hybridized carbons (Fsp3) is 1.00. The molecule has 28 heavy (non-hydrogen) atoms. The fourth-order valence-electron chi connectivity index (χ4n) is 6.14. The Bertz CT molecular complexity index is 492. The highest BCUT2D eigenvalue weighted by Gasteiger charge is 2.46. The van der Waals surface area contributed by atoms with E-state index in [0.717, 1.165) is 45.6 Å². The molecule has 0 aliphatic carbocycles. The maximum Gasteiger partial charge on any atom is 0.183 e. The number of quaternary nitrogens is 2. The van der Waals surface area contributed by atoms with Crippen LogP contribution in [0.1, 0.15) is 38.5 Å². The van der Waals surface area contributed by atoms with Gasteiger partial charge in [-0.1, -0.05) is 0 Å². The first kappa shape index (κ1) is 19.6. The van der Waals surface area contributed by atoms with Crippen LogP contribution in [0.2, 0.25) is 0 Å². The molecule has 6 atom stereocenters. The first-order chi connectivity index (χ1) is 13.9. The summed E-state index contributed by atoms with van der Waals surface area (Å²) in [5, 5.41) is 6.37. The Labute approximate surface area is 168 Å². The van der Waals surface area contributed by atoms with Crippen molar-refractivity contribution in [3.63, 3.8) is 0 Å². The summed E-state index contributed by atoms with van der Waals surface area (Å²) in [7, 11) is 0. The number of nitrogens with zero attached hydrogens (tertiary/aromatic N) is 1. The third-order valence-electron chi connectivity index (χ3n) is 7.76. The number of nitrogens with two attached hydrogens (primary N) is 1. The number of piperidine rings is 1. The zero-order chi connectivity index (χ0) is 18.8. The van der Waals surface area contributed by atoms with Gasteiger partial charge in [-0.15, -0.1) is 0 Å². The second-order valence-electron chi connectivity index (χ2n) is 9.29. The molecule has 0 saturated carbocycles. The van der Waals surface area contributed by atoms with Crippen LogP contribution >= 0.6 is 0 Å². The van der Waals surface area contributed by atoms with Crippen LogP contribution in [0.3, 0.4) is 0 Å². The molecule has 8 nitrogen and oxygen atoms in total. The molecular formula is C20H39N5O3+2. The van der Waals surface area contributed by atoms with Gasteiger partial charge in [0.25, 0.3) is 0 Å². The van der Waals surface area contributed by atoms with Gasteiger partial charge in [0.15, 0.2) is 6.23 Å². The number of nitrogens with one attached hydrogen (secondary N) is 3. The van der Waals surface area contributed by atoms with Gasteiger partial charge in [0.2, 0.25) is 0 Å². The minimum Gasteiger partial charge on any atom is -0.381 e. The van der Waals surface area contributed by atoms with Crippen LogP contribution in [0.5, 0.6) is 0 Å². The van der Waals surface area contributed by atoms with E-state index in [-0.39, 0.29) is 6.23 Å². The van der Waals surface area contributed by atoms with Crippen molar-refractivity contribution >= 4 is 0 Å². The second kappa shape index (κ2) is 9.22. The Morgan fingerprint density at radius 1 is 0.929 bits per heavy atom. The summed E-state index contributed by atoms with van der Waals surface area (Å²) in [6.07, 6.45) is 8.62. The fourth-order valence-corrected chi connectivity index (χ4v) is 6.14. The van der Waals surface area contributed by atoms with E-state index in [1.807, 2.05) is 0 Å². The Kier molecular flexibility index (Phi) is 6.47. The molecule has 0 aromatic carbocycles. The molecule has 0 spiro atoms. The standard InChI is InChI=1S/C20H37N5O3/c1-2-17(25(7-1)16-5-10-26-11-6-16)20-22-19(23-28-20)15-3-4-18(21-14-15)24-8-12-27-13-9-24/h15-23H,1-14H2/p+2/t15?,17-,18?,19?,20?/m1/s1. The number of morpholine rings is 1. The molecule has 5 heterocycles. The van der Waals surface area contributed by atoms with Crippen LogP contribution in [0.25, 0.3) is 0 Å². The second-order valence-corrected chi connectivity index (χ2v) is 9.29. The third-order valence-corrected chi connectivity index (χ3v) is 7.76. The predicted octanol–water partition coefficient (Wildman–Crippen LogP) is -2.38. The van der Waals surface area contributed by atoms with E-state index in [0.29, 0.717) is 24.3 Å². The van der Waals surface area contributed by atoms with Crippen molar-refractivity contribution in [2.45, 2.75) is 69.2 Å². The Hall–Kier alpha value is -0.320. The summed E-state index contributed by atoms with van der Waals surface area (Å²) < 4.78 is 11.1. The molecule has 5 fully saturated rings. The molecule has 0 amide bonds. The van der Waals surface area contributed by atoms with Gasteiger partial charge in [0.1, 0.15) is 12.2 Å². The highest BCUT2D eigenvalue weighted by atomic mass is 16.7. The first-order valence-electron chi connectivity index (χ1n) is 11.6. The molecule has 5 saturated heterocycles. The van der Waals surface area contributed by atoms with Gasteiger partial charge in [0, 0.05) is 51.1 Å². The highest BCUT2D eigenvalue weighted by molar-refractivity contribution is 4.85. The minimum absolute atomic E-state index is 0.155. The molecule has 0 aromatic heterocycles. The highest BCUT2D eigenvalue weighted by Crippen LogP contribution is 2.20. The average molecular weight is 398 g/mol. The van der Waals surface area contributed by atoms with E-state index in [9.17, 15) is 0 Å². The molecule has 5 N–H and O–H groups in total. The van der Waals surface area contributed by atoms with E-state index in [2.05, 4.69) is 21.0 Å². The molecule has 160 valence electrons. The van der Waals surface area contributed by atoms with Crippen molar-refractivity contribution in [1.29, 1.82) is 0 Å². The minimum atomic E-state index is 0.155. The zero-order valence-electron chi connectivity index (χ0n) is 17.1. The van der Waals surface area contributed by atoms with Gasteiger partial charge in [-0.3, -0.25) is 10.2 Å². The maximum absolute atomic E-state index is 6.11. The Balaban J connectivity index is 1.11. The van der Waals surface area contributed by atoms with Gasteiger partial charge >= 0.3 is 0 Å². The van der Waals surface area contributed by atoms with Crippen LogP contribution in [-0.4, -0.2) is 88.1 Å². The molecule has 0 bridgehead atoms. The van der Waals surface area contributed by atoms with Gasteiger partial charge in [0.05, 0.1) is 51.7 Å². The van der Waals surface area contributed by atoms with E-state index in [4.69, 9.17) is 14.3 Å².